The molecule has 0 spiro atoms. The van der Waals surface area contributed by atoms with Crippen molar-refractivity contribution in [2.75, 3.05) is 0 Å². The Bertz CT molecular complexity index is 983. The predicted molar refractivity (Wildman–Crippen MR) is 108 cm³/mol. The van der Waals surface area contributed by atoms with Crippen molar-refractivity contribution < 1.29 is 21.5 Å². The lowest BCUT2D eigenvalue weighted by atomic mass is 10.2. The van der Waals surface area contributed by atoms with E-state index in [0.717, 1.165) is 4.57 Å². The highest BCUT2D eigenvalue weighted by Gasteiger charge is 2.35. The maximum absolute atomic E-state index is 13.5. The predicted octanol–water partition coefficient (Wildman–Crippen LogP) is 5.14. The summed E-state index contributed by atoms with van der Waals surface area (Å²) in [4.78, 5) is 3.77. The van der Waals surface area contributed by atoms with E-state index in [-0.39, 0.29) is 13.2 Å². The van der Waals surface area contributed by atoms with Crippen LogP contribution in [0.3, 0.4) is 0 Å². The maximum atomic E-state index is 13.5. The van der Waals surface area contributed by atoms with Crippen molar-refractivity contribution in [2.24, 2.45) is 0 Å². The molecule has 0 saturated carbocycles. The molecular weight excluding hydrogens is 422 g/mol. The summed E-state index contributed by atoms with van der Waals surface area (Å²) >= 11 is 11.9. The van der Waals surface area contributed by atoms with E-state index in [4.69, 9.17) is 35.0 Å². The van der Waals surface area contributed by atoms with Crippen LogP contribution in [0.25, 0.3) is 0 Å². The molecule has 9 heteroatoms. The van der Waals surface area contributed by atoms with Gasteiger partial charge in [0.1, 0.15) is 0 Å². The second-order valence-corrected chi connectivity index (χ2v) is 8.78. The second kappa shape index (κ2) is 9.70. The molecule has 1 aromatic heterocycles. The Morgan fingerprint density at radius 1 is 1.11 bits per heavy atom. The van der Waals surface area contributed by atoms with Crippen LogP contribution in [0, 0.1) is 0 Å². The van der Waals surface area contributed by atoms with Gasteiger partial charge in [-0.05, 0) is 35.4 Å². The van der Waals surface area contributed by atoms with E-state index in [1.807, 2.05) is 0 Å². The number of nitrogens with zero attached hydrogens (tertiary/aromatic N) is 2. The molecule has 148 valence electrons. The van der Waals surface area contributed by atoms with Crippen molar-refractivity contribution >= 4 is 30.8 Å². The molecule has 1 N–H and O–H groups in total. The van der Waals surface area contributed by atoms with E-state index in [9.17, 15) is 9.67 Å². The molecule has 0 amide bonds. The van der Waals surface area contributed by atoms with Crippen LogP contribution in [0.1, 0.15) is 13.9 Å². The van der Waals surface area contributed by atoms with Crippen molar-refractivity contribution in [3.63, 3.8) is 0 Å². The molecule has 0 aliphatic heterocycles. The first-order valence-electron chi connectivity index (χ1n) is 9.25. The van der Waals surface area contributed by atoms with Crippen molar-refractivity contribution in [3.05, 3.63) is 88.4 Å². The standard InChI is InChI=1S/C19H19Cl2N2O4P/c20-17-5-1-3-15(9-17)12-26-28(25,19(24)11-23-8-7-22-14-23)27-13-16-4-2-6-18(21)10-16/h1-10,14,19,24H,11-13H2/i11D2. The van der Waals surface area contributed by atoms with Gasteiger partial charge in [0.25, 0.3) is 0 Å². The molecule has 3 rings (SSSR count). The zero-order chi connectivity index (χ0) is 21.8. The SMILES string of the molecule is [2H]C([2H])(C(O)P(=O)(OCc1cccc(Cl)c1)OCc1cccc(Cl)c1)n1ccnc1. The van der Waals surface area contributed by atoms with E-state index in [1.165, 1.54) is 18.7 Å². The molecule has 3 aromatic rings. The van der Waals surface area contributed by atoms with Crippen molar-refractivity contribution in [2.45, 2.75) is 25.6 Å². The van der Waals surface area contributed by atoms with E-state index >= 15 is 0 Å². The molecule has 0 radical (unpaired) electrons. The van der Waals surface area contributed by atoms with Crippen LogP contribution in [0.2, 0.25) is 10.0 Å². The van der Waals surface area contributed by atoms with Crippen LogP contribution < -0.4 is 0 Å². The summed E-state index contributed by atoms with van der Waals surface area (Å²) in [5.74, 6) is -2.13. The first-order chi connectivity index (χ1) is 14.2. The molecule has 28 heavy (non-hydrogen) atoms. The fourth-order valence-electron chi connectivity index (χ4n) is 2.30. The van der Waals surface area contributed by atoms with Crippen LogP contribution in [0.4, 0.5) is 0 Å². The number of imidazole rings is 1. The third-order valence-corrected chi connectivity index (χ3v) is 5.83. The molecule has 0 saturated heterocycles. The first kappa shape index (κ1) is 18.4. The quantitative estimate of drug-likeness (QED) is 0.464. The molecule has 0 aliphatic carbocycles. The van der Waals surface area contributed by atoms with Gasteiger partial charge in [0.2, 0.25) is 0 Å². The smallest absolute Gasteiger partial charge is 0.361 e. The van der Waals surface area contributed by atoms with Crippen LogP contribution in [-0.2, 0) is 33.3 Å². The number of aliphatic hydroxyl groups excluding tert-OH is 1. The number of halogens is 2. The molecule has 0 fully saturated rings. The minimum absolute atomic E-state index is 0.204. The van der Waals surface area contributed by atoms with Crippen LogP contribution in [0.15, 0.2) is 67.3 Å². The number of hydrogen-bond donors (Lipinski definition) is 1. The van der Waals surface area contributed by atoms with Crippen LogP contribution in [0.5, 0.6) is 0 Å². The molecular formula is C19H19Cl2N2O4P. The lowest BCUT2D eigenvalue weighted by Gasteiger charge is -2.24. The molecule has 1 heterocycles. The maximum Gasteiger partial charge on any atom is 0.361 e. The number of hydrogen-bond acceptors (Lipinski definition) is 5. The van der Waals surface area contributed by atoms with Gasteiger partial charge in [0.05, 0.1) is 28.8 Å². The Balaban J connectivity index is 1.85. The topological polar surface area (TPSA) is 73.6 Å². The molecule has 1 atom stereocenters. The summed E-state index contributed by atoms with van der Waals surface area (Å²) < 4.78 is 42.0. The largest absolute Gasteiger partial charge is 0.379 e. The summed E-state index contributed by atoms with van der Waals surface area (Å²) in [6.45, 7) is -2.91. The van der Waals surface area contributed by atoms with E-state index in [0.29, 0.717) is 21.2 Å². The lowest BCUT2D eigenvalue weighted by Crippen LogP contribution is -2.18. The fourth-order valence-corrected chi connectivity index (χ4v) is 4.02. The normalized spacial score (nSPS) is 14.4. The molecule has 2 aromatic carbocycles. The molecule has 0 bridgehead atoms. The highest BCUT2D eigenvalue weighted by atomic mass is 35.5. The molecule has 6 nitrogen and oxygen atoms in total. The fraction of sp³-hybridized carbons (Fsp3) is 0.211. The van der Waals surface area contributed by atoms with E-state index < -0.39 is 19.9 Å². The number of benzene rings is 2. The van der Waals surface area contributed by atoms with E-state index in [2.05, 4.69) is 4.98 Å². The molecule has 0 aliphatic rings. The Labute approximate surface area is 176 Å². The summed E-state index contributed by atoms with van der Waals surface area (Å²) in [7, 11) is -4.39. The Kier molecular flexibility index (Phi) is 6.37. The minimum Gasteiger partial charge on any atom is -0.379 e. The lowest BCUT2D eigenvalue weighted by molar-refractivity contribution is 0.124. The van der Waals surface area contributed by atoms with Crippen LogP contribution >= 0.6 is 30.8 Å². The highest BCUT2D eigenvalue weighted by Crippen LogP contribution is 2.54. The Hall–Kier alpha value is -1.66. The summed E-state index contributed by atoms with van der Waals surface area (Å²) in [5.41, 5.74) is 1.17. The van der Waals surface area contributed by atoms with E-state index in [1.54, 1.807) is 48.5 Å². The van der Waals surface area contributed by atoms with Gasteiger partial charge in [0.15, 0.2) is 5.85 Å². The van der Waals surface area contributed by atoms with Gasteiger partial charge in [-0.1, -0.05) is 47.5 Å². The summed E-state index contributed by atoms with van der Waals surface area (Å²) in [5, 5.41) is 11.7. The van der Waals surface area contributed by atoms with Gasteiger partial charge >= 0.3 is 7.60 Å². The monoisotopic (exact) mass is 442 g/mol. The van der Waals surface area contributed by atoms with Gasteiger partial charge < -0.3 is 18.7 Å². The zero-order valence-corrected chi connectivity index (χ0v) is 17.0. The minimum atomic E-state index is -4.39. The average molecular weight is 443 g/mol. The number of aliphatic hydroxyl groups is 1. The Morgan fingerprint density at radius 2 is 1.68 bits per heavy atom. The van der Waals surface area contributed by atoms with Gasteiger partial charge in [-0.2, -0.15) is 0 Å². The number of aromatic nitrogens is 2. The summed E-state index contributed by atoms with van der Waals surface area (Å²) in [6, 6.07) is 13.4. The van der Waals surface area contributed by atoms with Gasteiger partial charge in [0, 0.05) is 22.4 Å². The van der Waals surface area contributed by atoms with Gasteiger partial charge in [-0.15, -0.1) is 0 Å². The van der Waals surface area contributed by atoms with Crippen molar-refractivity contribution in [1.29, 1.82) is 0 Å². The Morgan fingerprint density at radius 3 is 2.14 bits per heavy atom. The molecule has 1 unspecified atom stereocenters. The third-order valence-electron chi connectivity index (χ3n) is 3.67. The van der Waals surface area contributed by atoms with Crippen molar-refractivity contribution in [1.82, 2.24) is 9.55 Å². The first-order valence-corrected chi connectivity index (χ1v) is 10.6. The average Bonchev–Trinajstić information content (AvgIpc) is 3.26. The third kappa shape index (κ3) is 5.92. The zero-order valence-electron chi connectivity index (χ0n) is 16.6. The highest BCUT2D eigenvalue weighted by molar-refractivity contribution is 7.54. The van der Waals surface area contributed by atoms with Gasteiger partial charge in [-0.25, -0.2) is 4.98 Å². The van der Waals surface area contributed by atoms with Crippen molar-refractivity contribution in [3.8, 4) is 0 Å². The summed E-state index contributed by atoms with van der Waals surface area (Å²) in [6.07, 6.45) is 3.82. The van der Waals surface area contributed by atoms with Gasteiger partial charge in [-0.3, -0.25) is 4.57 Å². The number of rotatable bonds is 9. The second-order valence-electron chi connectivity index (χ2n) is 5.82. The van der Waals surface area contributed by atoms with Crippen LogP contribution in [-0.4, -0.2) is 20.5 Å².